The average Bonchev–Trinajstić information content (AvgIpc) is 2.59. The number of nitrogens with zero attached hydrogens (tertiary/aromatic N) is 1. The van der Waals surface area contributed by atoms with Gasteiger partial charge < -0.3 is 19.7 Å². The van der Waals surface area contributed by atoms with E-state index in [0.717, 1.165) is 31.6 Å². The number of nitrogens with one attached hydrogen (secondary N) is 1. The highest BCUT2D eigenvalue weighted by molar-refractivity contribution is 6.33. The Morgan fingerprint density at radius 2 is 1.93 bits per heavy atom. The van der Waals surface area contributed by atoms with Crippen LogP contribution in [0.5, 0.6) is 0 Å². The maximum atomic E-state index is 12.0. The van der Waals surface area contributed by atoms with Crippen LogP contribution in [0.15, 0.2) is 18.2 Å². The molecule has 1 aromatic carbocycles. The fourth-order valence-electron chi connectivity index (χ4n) is 3.02. The van der Waals surface area contributed by atoms with Crippen molar-refractivity contribution in [2.45, 2.75) is 46.1 Å². The van der Waals surface area contributed by atoms with Crippen molar-refractivity contribution in [2.24, 2.45) is 5.92 Å². The lowest BCUT2D eigenvalue weighted by Gasteiger charge is -2.34. The fraction of sp³-hybridized carbons (Fsp3) is 0.600. The number of anilines is 1. The van der Waals surface area contributed by atoms with Gasteiger partial charge in [0, 0.05) is 19.6 Å². The van der Waals surface area contributed by atoms with Gasteiger partial charge in [-0.25, -0.2) is 9.59 Å². The third kappa shape index (κ3) is 6.61. The van der Waals surface area contributed by atoms with Crippen LogP contribution in [-0.2, 0) is 9.47 Å². The van der Waals surface area contributed by atoms with Crippen molar-refractivity contribution in [3.05, 3.63) is 28.8 Å². The standard InChI is InChI=1S/C20H29ClN2O4/c1-5-26-18(24)15-6-7-16(21)17(12-15)23-10-8-14(9-11-23)13-22-19(25)27-20(2,3)4/h6-7,12,14H,5,8-11,13H2,1-4H3,(H,22,25). The molecule has 1 aliphatic heterocycles. The smallest absolute Gasteiger partial charge is 0.407 e. The van der Waals surface area contributed by atoms with Gasteiger partial charge in [0.2, 0.25) is 0 Å². The maximum Gasteiger partial charge on any atom is 0.407 e. The molecular weight excluding hydrogens is 368 g/mol. The van der Waals surface area contributed by atoms with E-state index in [9.17, 15) is 9.59 Å². The summed E-state index contributed by atoms with van der Waals surface area (Å²) in [5.74, 6) is 0.0487. The predicted octanol–water partition coefficient (Wildman–Crippen LogP) is 4.26. The van der Waals surface area contributed by atoms with E-state index < -0.39 is 5.60 Å². The second kappa shape index (κ2) is 9.31. The third-order valence-corrected chi connectivity index (χ3v) is 4.67. The van der Waals surface area contributed by atoms with Crippen LogP contribution in [0, 0.1) is 5.92 Å². The van der Waals surface area contributed by atoms with E-state index >= 15 is 0 Å². The number of benzene rings is 1. The molecule has 1 amide bonds. The minimum atomic E-state index is -0.492. The highest BCUT2D eigenvalue weighted by Gasteiger charge is 2.23. The Kier molecular flexibility index (Phi) is 7.36. The highest BCUT2D eigenvalue weighted by Crippen LogP contribution is 2.31. The molecule has 0 spiro atoms. The van der Waals surface area contributed by atoms with Crippen LogP contribution in [0.3, 0.4) is 0 Å². The number of alkyl carbamates (subject to hydrolysis) is 1. The molecule has 0 unspecified atom stereocenters. The molecule has 150 valence electrons. The number of amides is 1. The summed E-state index contributed by atoms with van der Waals surface area (Å²) in [5.41, 5.74) is 0.861. The number of halogens is 1. The first kappa shape index (κ1) is 21.4. The normalized spacial score (nSPS) is 15.4. The fourth-order valence-corrected chi connectivity index (χ4v) is 3.25. The quantitative estimate of drug-likeness (QED) is 0.753. The number of carbonyl (C=O) groups excluding carboxylic acids is 2. The summed E-state index contributed by atoms with van der Waals surface area (Å²) in [6.07, 6.45) is 1.47. The van der Waals surface area contributed by atoms with Crippen LogP contribution in [0.2, 0.25) is 5.02 Å². The van der Waals surface area contributed by atoms with Crippen LogP contribution >= 0.6 is 11.6 Å². The minimum Gasteiger partial charge on any atom is -0.462 e. The topological polar surface area (TPSA) is 67.9 Å². The summed E-state index contributed by atoms with van der Waals surface area (Å²) < 4.78 is 10.3. The van der Waals surface area contributed by atoms with Gasteiger partial charge in [0.15, 0.2) is 0 Å². The van der Waals surface area contributed by atoms with Crippen molar-refractivity contribution in [2.75, 3.05) is 31.1 Å². The van der Waals surface area contributed by atoms with Crippen molar-refractivity contribution < 1.29 is 19.1 Å². The van der Waals surface area contributed by atoms with Gasteiger partial charge in [0.25, 0.3) is 0 Å². The molecule has 1 aliphatic rings. The van der Waals surface area contributed by atoms with Crippen molar-refractivity contribution in [1.29, 1.82) is 0 Å². The van der Waals surface area contributed by atoms with Gasteiger partial charge in [0.1, 0.15) is 5.60 Å². The Labute approximate surface area is 166 Å². The van der Waals surface area contributed by atoms with Crippen molar-refractivity contribution in [3.8, 4) is 0 Å². The molecule has 0 atom stereocenters. The van der Waals surface area contributed by atoms with Gasteiger partial charge in [0.05, 0.1) is 22.9 Å². The summed E-state index contributed by atoms with van der Waals surface area (Å²) in [7, 11) is 0. The van der Waals surface area contributed by atoms with Crippen molar-refractivity contribution >= 4 is 29.4 Å². The van der Waals surface area contributed by atoms with Gasteiger partial charge in [-0.1, -0.05) is 11.6 Å². The highest BCUT2D eigenvalue weighted by atomic mass is 35.5. The summed E-state index contributed by atoms with van der Waals surface area (Å²) in [6.45, 7) is 9.88. The molecule has 1 N–H and O–H groups in total. The molecule has 2 rings (SSSR count). The molecule has 1 saturated heterocycles. The number of rotatable bonds is 5. The van der Waals surface area contributed by atoms with E-state index in [1.807, 2.05) is 20.8 Å². The molecule has 0 bridgehead atoms. The molecular formula is C20H29ClN2O4. The summed E-state index contributed by atoms with van der Waals surface area (Å²) >= 11 is 6.34. The Balaban J connectivity index is 1.89. The van der Waals surface area contributed by atoms with E-state index in [2.05, 4.69) is 10.2 Å². The molecule has 1 aromatic rings. The maximum absolute atomic E-state index is 12.0. The van der Waals surface area contributed by atoms with Crippen LogP contribution < -0.4 is 10.2 Å². The van der Waals surface area contributed by atoms with Crippen LogP contribution in [0.4, 0.5) is 10.5 Å². The Morgan fingerprint density at radius 1 is 1.26 bits per heavy atom. The summed E-state index contributed by atoms with van der Waals surface area (Å²) in [5, 5.41) is 3.46. The summed E-state index contributed by atoms with van der Waals surface area (Å²) in [6, 6.07) is 5.21. The number of piperidine rings is 1. The summed E-state index contributed by atoms with van der Waals surface area (Å²) in [4.78, 5) is 25.9. The Bertz CT molecular complexity index is 664. The van der Waals surface area contributed by atoms with Crippen LogP contribution in [0.1, 0.15) is 50.9 Å². The van der Waals surface area contributed by atoms with Gasteiger partial charge in [-0.2, -0.15) is 0 Å². The lowest BCUT2D eigenvalue weighted by atomic mass is 9.96. The van der Waals surface area contributed by atoms with Gasteiger partial charge in [-0.05, 0) is 64.7 Å². The zero-order valence-electron chi connectivity index (χ0n) is 16.5. The van der Waals surface area contributed by atoms with Crippen molar-refractivity contribution in [1.82, 2.24) is 5.32 Å². The van der Waals surface area contributed by atoms with Crippen LogP contribution in [0.25, 0.3) is 0 Å². The van der Waals surface area contributed by atoms with E-state index in [-0.39, 0.29) is 12.1 Å². The van der Waals surface area contributed by atoms with Crippen molar-refractivity contribution in [3.63, 3.8) is 0 Å². The lowest BCUT2D eigenvalue weighted by molar-refractivity contribution is 0.0510. The molecule has 1 heterocycles. The molecule has 1 fully saturated rings. The number of carbonyl (C=O) groups is 2. The first-order valence-electron chi connectivity index (χ1n) is 9.38. The molecule has 0 saturated carbocycles. The number of esters is 1. The third-order valence-electron chi connectivity index (χ3n) is 4.35. The predicted molar refractivity (Wildman–Crippen MR) is 107 cm³/mol. The van der Waals surface area contributed by atoms with Gasteiger partial charge in [-0.3, -0.25) is 0 Å². The first-order valence-corrected chi connectivity index (χ1v) is 9.76. The average molecular weight is 397 g/mol. The largest absolute Gasteiger partial charge is 0.462 e. The Hall–Kier alpha value is -1.95. The molecule has 7 heteroatoms. The minimum absolute atomic E-state index is 0.340. The SMILES string of the molecule is CCOC(=O)c1ccc(Cl)c(N2CCC(CNC(=O)OC(C)(C)C)CC2)c1. The first-order chi connectivity index (χ1) is 12.7. The lowest BCUT2D eigenvalue weighted by Crippen LogP contribution is -2.40. The van der Waals surface area contributed by atoms with Gasteiger partial charge in [-0.15, -0.1) is 0 Å². The van der Waals surface area contributed by atoms with Crippen LogP contribution in [-0.4, -0.2) is 43.9 Å². The molecule has 6 nitrogen and oxygen atoms in total. The second-order valence-electron chi connectivity index (χ2n) is 7.70. The zero-order chi connectivity index (χ0) is 20.0. The number of hydrogen-bond acceptors (Lipinski definition) is 5. The number of ether oxygens (including phenoxy) is 2. The number of hydrogen-bond donors (Lipinski definition) is 1. The van der Waals surface area contributed by atoms with E-state index in [1.165, 1.54) is 0 Å². The second-order valence-corrected chi connectivity index (χ2v) is 8.11. The van der Waals surface area contributed by atoms with E-state index in [0.29, 0.717) is 29.7 Å². The monoisotopic (exact) mass is 396 g/mol. The molecule has 27 heavy (non-hydrogen) atoms. The Morgan fingerprint density at radius 3 is 2.52 bits per heavy atom. The molecule has 0 aliphatic carbocycles. The van der Waals surface area contributed by atoms with Gasteiger partial charge >= 0.3 is 12.1 Å². The molecule has 0 radical (unpaired) electrons. The van der Waals surface area contributed by atoms with E-state index in [1.54, 1.807) is 25.1 Å². The van der Waals surface area contributed by atoms with E-state index in [4.69, 9.17) is 21.1 Å². The zero-order valence-corrected chi connectivity index (χ0v) is 17.3. The molecule has 0 aromatic heterocycles.